The number of nitrogens with zero attached hydrogens (tertiary/aromatic N) is 2. The van der Waals surface area contributed by atoms with Crippen LogP contribution in [-0.2, 0) is 0 Å². The highest BCUT2D eigenvalue weighted by molar-refractivity contribution is 5.63. The van der Waals surface area contributed by atoms with Gasteiger partial charge in [0.05, 0.1) is 17.2 Å². The van der Waals surface area contributed by atoms with Gasteiger partial charge in [-0.3, -0.25) is 4.98 Å². The number of hydrogen-bond acceptors (Lipinski definition) is 2. The van der Waals surface area contributed by atoms with Gasteiger partial charge in [0.1, 0.15) is 5.82 Å². The summed E-state index contributed by atoms with van der Waals surface area (Å²) in [6.45, 7) is 2.13. The van der Waals surface area contributed by atoms with Crippen LogP contribution in [0.25, 0.3) is 17.2 Å². The zero-order chi connectivity index (χ0) is 18.9. The van der Waals surface area contributed by atoms with Crippen molar-refractivity contribution in [3.63, 3.8) is 0 Å². The van der Waals surface area contributed by atoms with Crippen LogP contribution in [0.2, 0.25) is 0 Å². The number of aromatic nitrogens is 1. The molecule has 138 valence electrons. The van der Waals surface area contributed by atoms with E-state index in [0.717, 1.165) is 23.2 Å². The average Bonchev–Trinajstić information content (AvgIpc) is 2.99. The van der Waals surface area contributed by atoms with Crippen LogP contribution in [0.5, 0.6) is 0 Å². The van der Waals surface area contributed by atoms with E-state index in [9.17, 15) is 9.65 Å². The van der Waals surface area contributed by atoms with Crippen molar-refractivity contribution in [3.8, 4) is 17.2 Å². The largest absolute Gasteiger partial charge is 0.256 e. The Bertz CT molecular complexity index is 880. The summed E-state index contributed by atoms with van der Waals surface area (Å²) in [5.74, 6) is 1.39. The standard InChI is InChI=1S/C24H25FN2/c1-24(16-26)14-18-5-2-3-8-22(18)23(24)12-11-21-10-9-19(15-27-21)17-6-4-7-20(25)13-17/h4,6-7,9-13,15,18,22-23H,2-3,5,8,14H2,1H3/t18-,22-,23+,24-/m1/s1. The lowest BCUT2D eigenvalue weighted by Gasteiger charge is -2.29. The predicted octanol–water partition coefficient (Wildman–Crippen LogP) is 6.26. The van der Waals surface area contributed by atoms with Crippen LogP contribution in [-0.4, -0.2) is 4.98 Å². The van der Waals surface area contributed by atoms with Crippen molar-refractivity contribution in [3.05, 3.63) is 60.2 Å². The average molecular weight is 360 g/mol. The summed E-state index contributed by atoms with van der Waals surface area (Å²) >= 11 is 0. The van der Waals surface area contributed by atoms with E-state index in [0.29, 0.717) is 17.8 Å². The summed E-state index contributed by atoms with van der Waals surface area (Å²) in [4.78, 5) is 4.53. The summed E-state index contributed by atoms with van der Waals surface area (Å²) in [6, 6.07) is 13.1. The topological polar surface area (TPSA) is 36.7 Å². The lowest BCUT2D eigenvalue weighted by molar-refractivity contribution is 0.242. The number of hydrogen-bond donors (Lipinski definition) is 0. The van der Waals surface area contributed by atoms with Crippen molar-refractivity contribution in [2.45, 2.75) is 39.0 Å². The second kappa shape index (κ2) is 7.27. The van der Waals surface area contributed by atoms with Gasteiger partial charge in [0.25, 0.3) is 0 Å². The molecule has 0 amide bonds. The van der Waals surface area contributed by atoms with E-state index >= 15 is 0 Å². The Balaban J connectivity index is 1.54. The molecule has 0 radical (unpaired) electrons. The lowest BCUT2D eigenvalue weighted by Crippen LogP contribution is -2.23. The highest BCUT2D eigenvalue weighted by Crippen LogP contribution is 2.55. The third kappa shape index (κ3) is 3.54. The van der Waals surface area contributed by atoms with Crippen molar-refractivity contribution in [2.24, 2.45) is 23.2 Å². The maximum atomic E-state index is 13.4. The summed E-state index contributed by atoms with van der Waals surface area (Å²) in [5, 5.41) is 9.79. The minimum atomic E-state index is -0.266. The second-order valence-electron chi connectivity index (χ2n) is 8.31. The van der Waals surface area contributed by atoms with Crippen LogP contribution in [0.1, 0.15) is 44.7 Å². The molecule has 2 nitrogen and oxygen atoms in total. The Hall–Kier alpha value is -2.47. The second-order valence-corrected chi connectivity index (χ2v) is 8.31. The number of halogens is 1. The minimum absolute atomic E-state index is 0.240. The van der Waals surface area contributed by atoms with E-state index in [1.54, 1.807) is 12.3 Å². The molecule has 0 bridgehead atoms. The Morgan fingerprint density at radius 3 is 2.78 bits per heavy atom. The van der Waals surface area contributed by atoms with E-state index in [-0.39, 0.29) is 11.2 Å². The molecule has 2 aliphatic rings. The number of allylic oxidation sites excluding steroid dienone is 1. The number of pyridine rings is 1. The fourth-order valence-electron chi connectivity index (χ4n) is 5.14. The SMILES string of the molecule is C[C@]1(C#N)C[C@H]2CCCC[C@H]2[C@@H]1C=Cc1ccc(-c2cccc(F)c2)cn1. The zero-order valence-electron chi connectivity index (χ0n) is 15.7. The Labute approximate surface area is 160 Å². The van der Waals surface area contributed by atoms with E-state index < -0.39 is 0 Å². The van der Waals surface area contributed by atoms with Gasteiger partial charge < -0.3 is 0 Å². The smallest absolute Gasteiger partial charge is 0.123 e. The molecular weight excluding hydrogens is 335 g/mol. The van der Waals surface area contributed by atoms with Gasteiger partial charge in [-0.15, -0.1) is 0 Å². The molecule has 2 fully saturated rings. The molecule has 2 aliphatic carbocycles. The van der Waals surface area contributed by atoms with Gasteiger partial charge in [0, 0.05) is 11.8 Å². The van der Waals surface area contributed by atoms with Gasteiger partial charge in [-0.1, -0.05) is 43.5 Å². The highest BCUT2D eigenvalue weighted by Gasteiger charge is 2.50. The molecular formula is C24H25FN2. The fourth-order valence-corrected chi connectivity index (χ4v) is 5.14. The molecule has 0 N–H and O–H groups in total. The van der Waals surface area contributed by atoms with Crippen molar-refractivity contribution >= 4 is 6.08 Å². The van der Waals surface area contributed by atoms with E-state index in [4.69, 9.17) is 0 Å². The fraction of sp³-hybridized carbons (Fsp3) is 0.417. The molecule has 0 saturated heterocycles. The number of nitriles is 1. The summed E-state index contributed by atoms with van der Waals surface area (Å²) < 4.78 is 13.4. The molecule has 0 unspecified atom stereocenters. The summed E-state index contributed by atoms with van der Waals surface area (Å²) in [5.41, 5.74) is 2.35. The van der Waals surface area contributed by atoms with Gasteiger partial charge in [-0.25, -0.2) is 4.39 Å². The normalized spacial score (nSPS) is 30.2. The molecule has 1 aromatic heterocycles. The van der Waals surface area contributed by atoms with Gasteiger partial charge in [0.2, 0.25) is 0 Å². The zero-order valence-corrected chi connectivity index (χ0v) is 15.7. The van der Waals surface area contributed by atoms with Crippen LogP contribution in [0, 0.1) is 40.3 Å². The van der Waals surface area contributed by atoms with Gasteiger partial charge >= 0.3 is 0 Å². The van der Waals surface area contributed by atoms with Crippen LogP contribution >= 0.6 is 0 Å². The Morgan fingerprint density at radius 2 is 2.04 bits per heavy atom. The summed E-state index contributed by atoms with van der Waals surface area (Å²) in [6.07, 6.45) is 12.2. The molecule has 1 aromatic carbocycles. The number of benzene rings is 1. The predicted molar refractivity (Wildman–Crippen MR) is 106 cm³/mol. The minimum Gasteiger partial charge on any atom is -0.256 e. The van der Waals surface area contributed by atoms with Crippen molar-refractivity contribution in [1.82, 2.24) is 4.98 Å². The quantitative estimate of drug-likeness (QED) is 0.648. The third-order valence-corrected chi connectivity index (χ3v) is 6.53. The van der Waals surface area contributed by atoms with E-state index in [1.165, 1.54) is 37.8 Å². The first kappa shape index (κ1) is 17.9. The Morgan fingerprint density at radius 1 is 1.19 bits per heavy atom. The molecule has 0 aliphatic heterocycles. The third-order valence-electron chi connectivity index (χ3n) is 6.53. The van der Waals surface area contributed by atoms with Crippen molar-refractivity contribution < 1.29 is 4.39 Å². The van der Waals surface area contributed by atoms with E-state index in [2.05, 4.69) is 30.1 Å². The molecule has 3 heteroatoms. The monoisotopic (exact) mass is 360 g/mol. The van der Waals surface area contributed by atoms with Gasteiger partial charge in [-0.05, 0) is 67.4 Å². The van der Waals surface area contributed by atoms with Crippen molar-refractivity contribution in [2.75, 3.05) is 0 Å². The molecule has 4 rings (SSSR count). The molecule has 4 atom stereocenters. The van der Waals surface area contributed by atoms with Crippen LogP contribution in [0.15, 0.2) is 48.7 Å². The number of rotatable bonds is 3. The van der Waals surface area contributed by atoms with Gasteiger partial charge in [-0.2, -0.15) is 5.26 Å². The van der Waals surface area contributed by atoms with Crippen molar-refractivity contribution in [1.29, 1.82) is 5.26 Å². The maximum Gasteiger partial charge on any atom is 0.123 e. The maximum absolute atomic E-state index is 13.4. The van der Waals surface area contributed by atoms with Crippen LogP contribution < -0.4 is 0 Å². The molecule has 2 aromatic rings. The first-order valence-electron chi connectivity index (χ1n) is 9.90. The molecule has 2 saturated carbocycles. The lowest BCUT2D eigenvalue weighted by atomic mass is 9.74. The molecule has 0 spiro atoms. The van der Waals surface area contributed by atoms with Crippen LogP contribution in [0.4, 0.5) is 4.39 Å². The first-order valence-corrected chi connectivity index (χ1v) is 9.90. The number of fused-ring (bicyclic) bond motifs is 1. The first-order chi connectivity index (χ1) is 13.1. The summed E-state index contributed by atoms with van der Waals surface area (Å²) in [7, 11) is 0. The Kier molecular flexibility index (Phi) is 4.83. The highest BCUT2D eigenvalue weighted by atomic mass is 19.1. The van der Waals surface area contributed by atoms with Gasteiger partial charge in [0.15, 0.2) is 0 Å². The van der Waals surface area contributed by atoms with E-state index in [1.807, 2.05) is 18.2 Å². The molecule has 27 heavy (non-hydrogen) atoms. The molecule has 1 heterocycles. The van der Waals surface area contributed by atoms with Crippen LogP contribution in [0.3, 0.4) is 0 Å².